The van der Waals surface area contributed by atoms with Crippen LogP contribution in [0.2, 0.25) is 0 Å². The standard InChI is InChI=1S/C14H21N/c1-2-3-4-5-6-7-13-8-10-14(12-15)11-9-13/h8,10-11,13H,2-7,9H2,1H3. The lowest BCUT2D eigenvalue weighted by Gasteiger charge is -2.13. The second kappa shape index (κ2) is 7.29. The largest absolute Gasteiger partial charge is 0.192 e. The van der Waals surface area contributed by atoms with Gasteiger partial charge in [-0.2, -0.15) is 5.26 Å². The van der Waals surface area contributed by atoms with Crippen molar-refractivity contribution in [2.24, 2.45) is 5.92 Å². The summed E-state index contributed by atoms with van der Waals surface area (Å²) in [6.07, 6.45) is 15.4. The van der Waals surface area contributed by atoms with Gasteiger partial charge in [-0.25, -0.2) is 0 Å². The molecule has 0 N–H and O–H groups in total. The minimum absolute atomic E-state index is 0.684. The van der Waals surface area contributed by atoms with Crippen LogP contribution in [-0.2, 0) is 0 Å². The first-order valence-corrected chi connectivity index (χ1v) is 6.15. The van der Waals surface area contributed by atoms with Gasteiger partial charge >= 0.3 is 0 Å². The molecule has 1 unspecified atom stereocenters. The van der Waals surface area contributed by atoms with E-state index in [1.165, 1.54) is 38.5 Å². The lowest BCUT2D eigenvalue weighted by atomic mass is 9.92. The van der Waals surface area contributed by atoms with Crippen LogP contribution < -0.4 is 0 Å². The zero-order chi connectivity index (χ0) is 10.9. The number of allylic oxidation sites excluding steroid dienone is 4. The van der Waals surface area contributed by atoms with Crippen molar-refractivity contribution in [2.75, 3.05) is 0 Å². The number of nitrogens with zero attached hydrogens (tertiary/aromatic N) is 1. The summed E-state index contributed by atoms with van der Waals surface area (Å²) in [7, 11) is 0. The van der Waals surface area contributed by atoms with Crippen LogP contribution in [0.25, 0.3) is 0 Å². The Kier molecular flexibility index (Phi) is 5.85. The Morgan fingerprint density at radius 1 is 1.33 bits per heavy atom. The van der Waals surface area contributed by atoms with Gasteiger partial charge in [0.15, 0.2) is 0 Å². The van der Waals surface area contributed by atoms with Crippen molar-refractivity contribution in [3.63, 3.8) is 0 Å². The van der Waals surface area contributed by atoms with E-state index in [0.29, 0.717) is 5.92 Å². The van der Waals surface area contributed by atoms with Gasteiger partial charge in [-0.15, -0.1) is 0 Å². The summed E-state index contributed by atoms with van der Waals surface area (Å²) >= 11 is 0. The number of unbranched alkanes of at least 4 members (excludes halogenated alkanes) is 4. The molecule has 0 bridgehead atoms. The molecule has 1 aliphatic carbocycles. The highest BCUT2D eigenvalue weighted by molar-refractivity contribution is 5.35. The highest BCUT2D eigenvalue weighted by Gasteiger charge is 2.07. The lowest BCUT2D eigenvalue weighted by Crippen LogP contribution is -1.99. The van der Waals surface area contributed by atoms with Crippen molar-refractivity contribution >= 4 is 0 Å². The monoisotopic (exact) mass is 203 g/mol. The molecule has 1 nitrogen and oxygen atoms in total. The Hall–Kier alpha value is -1.03. The van der Waals surface area contributed by atoms with Crippen LogP contribution in [0.15, 0.2) is 23.8 Å². The molecule has 82 valence electrons. The normalized spacial score (nSPS) is 19.7. The number of hydrogen-bond donors (Lipinski definition) is 0. The first-order valence-electron chi connectivity index (χ1n) is 6.15. The molecule has 0 aliphatic heterocycles. The average Bonchev–Trinajstić information content (AvgIpc) is 2.30. The molecule has 1 heteroatoms. The second-order valence-electron chi connectivity index (χ2n) is 4.33. The lowest BCUT2D eigenvalue weighted by molar-refractivity contribution is 0.524. The number of nitriles is 1. The van der Waals surface area contributed by atoms with Crippen molar-refractivity contribution in [2.45, 2.75) is 51.9 Å². The fourth-order valence-corrected chi connectivity index (χ4v) is 1.97. The zero-order valence-electron chi connectivity index (χ0n) is 9.71. The molecule has 15 heavy (non-hydrogen) atoms. The minimum Gasteiger partial charge on any atom is -0.192 e. The van der Waals surface area contributed by atoms with Gasteiger partial charge in [-0.3, -0.25) is 0 Å². The second-order valence-corrected chi connectivity index (χ2v) is 4.33. The maximum atomic E-state index is 8.68. The first-order chi connectivity index (χ1) is 7.36. The predicted molar refractivity (Wildman–Crippen MR) is 64.3 cm³/mol. The van der Waals surface area contributed by atoms with Crippen LogP contribution in [0.1, 0.15) is 51.9 Å². The van der Waals surface area contributed by atoms with E-state index in [2.05, 4.69) is 25.1 Å². The summed E-state index contributed by atoms with van der Waals surface area (Å²) in [6.45, 7) is 2.25. The summed E-state index contributed by atoms with van der Waals surface area (Å²) in [6, 6.07) is 2.18. The fourth-order valence-electron chi connectivity index (χ4n) is 1.97. The molecule has 0 aromatic rings. The minimum atomic E-state index is 0.684. The molecule has 0 saturated heterocycles. The van der Waals surface area contributed by atoms with E-state index in [9.17, 15) is 0 Å². The molecule has 0 fully saturated rings. The summed E-state index contributed by atoms with van der Waals surface area (Å²) < 4.78 is 0. The zero-order valence-corrected chi connectivity index (χ0v) is 9.71. The van der Waals surface area contributed by atoms with E-state index in [0.717, 1.165) is 12.0 Å². The van der Waals surface area contributed by atoms with E-state index < -0.39 is 0 Å². The number of rotatable bonds is 6. The molecule has 0 saturated carbocycles. The molecule has 0 amide bonds. The smallest absolute Gasteiger partial charge is 0.0988 e. The van der Waals surface area contributed by atoms with Crippen LogP contribution in [0.5, 0.6) is 0 Å². The number of hydrogen-bond acceptors (Lipinski definition) is 1. The molecule has 0 heterocycles. The Bertz CT molecular complexity index is 268. The topological polar surface area (TPSA) is 23.8 Å². The Balaban J connectivity index is 2.08. The van der Waals surface area contributed by atoms with Crippen LogP contribution >= 0.6 is 0 Å². The maximum Gasteiger partial charge on any atom is 0.0988 e. The fraction of sp³-hybridized carbons (Fsp3) is 0.643. The van der Waals surface area contributed by atoms with Crippen LogP contribution in [-0.4, -0.2) is 0 Å². The molecule has 1 rings (SSSR count). The average molecular weight is 203 g/mol. The van der Waals surface area contributed by atoms with E-state index in [4.69, 9.17) is 5.26 Å². The summed E-state index contributed by atoms with van der Waals surface area (Å²) in [5, 5.41) is 8.68. The third kappa shape index (κ3) is 4.83. The molecule has 0 aromatic heterocycles. The van der Waals surface area contributed by atoms with Crippen molar-refractivity contribution < 1.29 is 0 Å². The predicted octanol–water partition coefficient (Wildman–Crippen LogP) is 4.37. The van der Waals surface area contributed by atoms with Crippen molar-refractivity contribution in [3.8, 4) is 6.07 Å². The first kappa shape index (κ1) is 12.0. The van der Waals surface area contributed by atoms with Crippen molar-refractivity contribution in [1.82, 2.24) is 0 Å². The molecule has 1 atom stereocenters. The molecule has 0 aromatic carbocycles. The summed E-state index contributed by atoms with van der Waals surface area (Å²) in [4.78, 5) is 0. The van der Waals surface area contributed by atoms with Crippen LogP contribution in [0, 0.1) is 17.2 Å². The van der Waals surface area contributed by atoms with Gasteiger partial charge in [0, 0.05) is 5.57 Å². The molecule has 0 radical (unpaired) electrons. The van der Waals surface area contributed by atoms with Crippen LogP contribution in [0.4, 0.5) is 0 Å². The van der Waals surface area contributed by atoms with E-state index in [-0.39, 0.29) is 0 Å². The van der Waals surface area contributed by atoms with E-state index in [1.807, 2.05) is 6.08 Å². The highest BCUT2D eigenvalue weighted by atomic mass is 14.2. The van der Waals surface area contributed by atoms with E-state index >= 15 is 0 Å². The molecular weight excluding hydrogens is 182 g/mol. The van der Waals surface area contributed by atoms with Crippen LogP contribution in [0.3, 0.4) is 0 Å². The van der Waals surface area contributed by atoms with Crippen molar-refractivity contribution in [1.29, 1.82) is 5.26 Å². The Labute approximate surface area is 93.5 Å². The van der Waals surface area contributed by atoms with Gasteiger partial charge in [0.05, 0.1) is 6.07 Å². The maximum absolute atomic E-state index is 8.68. The molecule has 1 aliphatic rings. The van der Waals surface area contributed by atoms with Gasteiger partial charge in [-0.1, -0.05) is 51.2 Å². The molecule has 0 spiro atoms. The third-order valence-corrected chi connectivity index (χ3v) is 3.00. The van der Waals surface area contributed by atoms with Gasteiger partial charge in [0.1, 0.15) is 0 Å². The quantitative estimate of drug-likeness (QED) is 0.588. The summed E-state index contributed by atoms with van der Waals surface area (Å²) in [5.41, 5.74) is 0.831. The van der Waals surface area contributed by atoms with E-state index in [1.54, 1.807) is 0 Å². The van der Waals surface area contributed by atoms with Crippen molar-refractivity contribution in [3.05, 3.63) is 23.8 Å². The van der Waals surface area contributed by atoms with Gasteiger partial charge in [-0.05, 0) is 24.8 Å². The summed E-state index contributed by atoms with van der Waals surface area (Å²) in [5.74, 6) is 0.684. The van der Waals surface area contributed by atoms with Gasteiger partial charge in [0.2, 0.25) is 0 Å². The van der Waals surface area contributed by atoms with Gasteiger partial charge in [0.25, 0.3) is 0 Å². The van der Waals surface area contributed by atoms with Gasteiger partial charge < -0.3 is 0 Å². The SMILES string of the molecule is CCCCCCCC1C=CC(C#N)=CC1. The molecular formula is C14H21N. The Morgan fingerprint density at radius 3 is 2.73 bits per heavy atom. The highest BCUT2D eigenvalue weighted by Crippen LogP contribution is 2.21. The third-order valence-electron chi connectivity index (χ3n) is 3.00. The Morgan fingerprint density at radius 2 is 2.13 bits per heavy atom.